The van der Waals surface area contributed by atoms with Crippen LogP contribution in [0.4, 0.5) is 0 Å². The minimum Gasteiger partial charge on any atom is -0.198 e. The van der Waals surface area contributed by atoms with Crippen LogP contribution in [0.1, 0.15) is 12.5 Å². The summed E-state index contributed by atoms with van der Waals surface area (Å²) in [7, 11) is 0. The first-order valence-corrected chi connectivity index (χ1v) is 5.83. The van der Waals surface area contributed by atoms with Gasteiger partial charge in [-0.05, 0) is 30.0 Å². The predicted molar refractivity (Wildman–Crippen MR) is 70.4 cm³/mol. The minimum atomic E-state index is 0.0811. The molecule has 1 atom stereocenters. The molecule has 0 spiro atoms. The largest absolute Gasteiger partial charge is 0.198 e. The Labute approximate surface area is 102 Å². The van der Waals surface area contributed by atoms with Crippen molar-refractivity contribution in [2.75, 3.05) is 0 Å². The molecule has 0 amide bonds. The number of nitrogens with zero attached hydrogens (tertiary/aromatic N) is 1. The topological polar surface area (TPSA) is 23.8 Å². The molecule has 0 aliphatic carbocycles. The van der Waals surface area contributed by atoms with Gasteiger partial charge in [-0.1, -0.05) is 54.6 Å². The summed E-state index contributed by atoms with van der Waals surface area (Å²) in [6.07, 6.45) is 0.825. The number of hydrogen-bond acceptors (Lipinski definition) is 1. The molecule has 0 saturated heterocycles. The SMILES string of the molecule is CC(C#N)Cc1ccc(-c2ccccc2)cc1. The van der Waals surface area contributed by atoms with Gasteiger partial charge in [0.2, 0.25) is 0 Å². The summed E-state index contributed by atoms with van der Waals surface area (Å²) in [6, 6.07) is 21.0. The molecule has 2 aromatic rings. The highest BCUT2D eigenvalue weighted by atomic mass is 14.3. The van der Waals surface area contributed by atoms with E-state index in [1.807, 2.05) is 25.1 Å². The van der Waals surface area contributed by atoms with Crippen LogP contribution < -0.4 is 0 Å². The van der Waals surface area contributed by atoms with Crippen molar-refractivity contribution >= 4 is 0 Å². The van der Waals surface area contributed by atoms with Gasteiger partial charge in [0.15, 0.2) is 0 Å². The van der Waals surface area contributed by atoms with Crippen molar-refractivity contribution in [1.82, 2.24) is 0 Å². The normalized spacial score (nSPS) is 11.8. The summed E-state index contributed by atoms with van der Waals surface area (Å²) in [4.78, 5) is 0. The highest BCUT2D eigenvalue weighted by molar-refractivity contribution is 5.63. The Hall–Kier alpha value is -2.07. The van der Waals surface area contributed by atoms with Crippen LogP contribution in [0.2, 0.25) is 0 Å². The molecule has 0 aliphatic heterocycles. The maximum Gasteiger partial charge on any atom is 0.0656 e. The summed E-state index contributed by atoms with van der Waals surface area (Å²) in [5.74, 6) is 0.0811. The highest BCUT2D eigenvalue weighted by Crippen LogP contribution is 2.20. The zero-order chi connectivity index (χ0) is 12.1. The molecule has 1 unspecified atom stereocenters. The Kier molecular flexibility index (Phi) is 3.57. The van der Waals surface area contributed by atoms with Crippen LogP contribution in [0.5, 0.6) is 0 Å². The molecular weight excluding hydrogens is 206 g/mol. The minimum absolute atomic E-state index is 0.0811. The second-order valence-corrected chi connectivity index (χ2v) is 4.30. The Morgan fingerprint density at radius 1 is 0.941 bits per heavy atom. The van der Waals surface area contributed by atoms with Gasteiger partial charge < -0.3 is 0 Å². The fourth-order valence-electron chi connectivity index (χ4n) is 1.86. The summed E-state index contributed by atoms with van der Waals surface area (Å²) in [5, 5.41) is 8.78. The molecule has 1 nitrogen and oxygen atoms in total. The molecule has 2 rings (SSSR count). The van der Waals surface area contributed by atoms with E-state index in [1.165, 1.54) is 16.7 Å². The number of nitriles is 1. The number of benzene rings is 2. The van der Waals surface area contributed by atoms with Crippen LogP contribution in [0.25, 0.3) is 11.1 Å². The van der Waals surface area contributed by atoms with E-state index in [9.17, 15) is 0 Å². The van der Waals surface area contributed by atoms with Crippen LogP contribution in [-0.4, -0.2) is 0 Å². The maximum absolute atomic E-state index is 8.78. The van der Waals surface area contributed by atoms with E-state index < -0.39 is 0 Å². The monoisotopic (exact) mass is 221 g/mol. The van der Waals surface area contributed by atoms with Crippen LogP contribution >= 0.6 is 0 Å². The lowest BCUT2D eigenvalue weighted by molar-refractivity contribution is 0.739. The first-order chi connectivity index (χ1) is 8.29. The molecular formula is C16H15N. The summed E-state index contributed by atoms with van der Waals surface area (Å²) < 4.78 is 0. The molecule has 1 heteroatoms. The third-order valence-corrected chi connectivity index (χ3v) is 2.82. The van der Waals surface area contributed by atoms with Gasteiger partial charge in [0.25, 0.3) is 0 Å². The molecule has 0 heterocycles. The average Bonchev–Trinajstić information content (AvgIpc) is 2.40. The predicted octanol–water partition coefficient (Wildman–Crippen LogP) is 4.06. The van der Waals surface area contributed by atoms with Crippen molar-refractivity contribution in [3.8, 4) is 17.2 Å². The molecule has 2 aromatic carbocycles. The standard InChI is InChI=1S/C16H15N/c1-13(12-17)11-14-7-9-16(10-8-14)15-5-3-2-4-6-15/h2-10,13H,11H2,1H3. The molecule has 17 heavy (non-hydrogen) atoms. The van der Waals surface area contributed by atoms with Gasteiger partial charge in [-0.25, -0.2) is 0 Å². The third-order valence-electron chi connectivity index (χ3n) is 2.82. The van der Waals surface area contributed by atoms with Gasteiger partial charge in [0.1, 0.15) is 0 Å². The van der Waals surface area contributed by atoms with Crippen molar-refractivity contribution in [3.05, 3.63) is 60.2 Å². The molecule has 0 bridgehead atoms. The van der Waals surface area contributed by atoms with Gasteiger partial charge in [0, 0.05) is 5.92 Å². The van der Waals surface area contributed by atoms with Crippen LogP contribution in [-0.2, 0) is 6.42 Å². The first kappa shape index (κ1) is 11.4. The molecule has 0 N–H and O–H groups in total. The van der Waals surface area contributed by atoms with Crippen LogP contribution in [0, 0.1) is 17.2 Å². The van der Waals surface area contributed by atoms with Crippen LogP contribution in [0.15, 0.2) is 54.6 Å². The summed E-state index contributed by atoms with van der Waals surface area (Å²) >= 11 is 0. The Bertz CT molecular complexity index is 505. The fraction of sp³-hybridized carbons (Fsp3) is 0.188. The molecule has 84 valence electrons. The lowest BCUT2D eigenvalue weighted by Gasteiger charge is -2.05. The zero-order valence-electron chi connectivity index (χ0n) is 9.93. The number of rotatable bonds is 3. The maximum atomic E-state index is 8.78. The Balaban J connectivity index is 2.17. The summed E-state index contributed by atoms with van der Waals surface area (Å²) in [6.45, 7) is 1.95. The van der Waals surface area contributed by atoms with Gasteiger partial charge in [0.05, 0.1) is 6.07 Å². The number of hydrogen-bond donors (Lipinski definition) is 0. The molecule has 0 radical (unpaired) electrons. The third kappa shape index (κ3) is 2.95. The summed E-state index contributed by atoms with van der Waals surface area (Å²) in [5.41, 5.74) is 3.67. The van der Waals surface area contributed by atoms with Crippen molar-refractivity contribution in [1.29, 1.82) is 5.26 Å². The second kappa shape index (κ2) is 5.32. The van der Waals surface area contributed by atoms with E-state index in [1.54, 1.807) is 0 Å². The van der Waals surface area contributed by atoms with E-state index in [2.05, 4.69) is 42.5 Å². The quantitative estimate of drug-likeness (QED) is 0.766. The highest BCUT2D eigenvalue weighted by Gasteiger charge is 2.02. The Morgan fingerprint density at radius 2 is 1.53 bits per heavy atom. The smallest absolute Gasteiger partial charge is 0.0656 e. The average molecular weight is 221 g/mol. The van der Waals surface area contributed by atoms with Gasteiger partial charge in [-0.2, -0.15) is 5.26 Å². The fourth-order valence-corrected chi connectivity index (χ4v) is 1.86. The molecule has 0 aliphatic rings. The van der Waals surface area contributed by atoms with Crippen molar-refractivity contribution in [2.45, 2.75) is 13.3 Å². The molecule has 0 fully saturated rings. The van der Waals surface area contributed by atoms with Crippen molar-refractivity contribution in [2.24, 2.45) is 5.92 Å². The van der Waals surface area contributed by atoms with E-state index in [0.717, 1.165) is 6.42 Å². The second-order valence-electron chi connectivity index (χ2n) is 4.30. The molecule has 0 saturated carbocycles. The van der Waals surface area contributed by atoms with Gasteiger partial charge >= 0.3 is 0 Å². The lowest BCUT2D eigenvalue weighted by atomic mass is 9.99. The van der Waals surface area contributed by atoms with Gasteiger partial charge in [-0.15, -0.1) is 0 Å². The van der Waals surface area contributed by atoms with E-state index in [4.69, 9.17) is 5.26 Å². The van der Waals surface area contributed by atoms with E-state index in [0.29, 0.717) is 0 Å². The van der Waals surface area contributed by atoms with E-state index in [-0.39, 0.29) is 5.92 Å². The lowest BCUT2D eigenvalue weighted by Crippen LogP contribution is -1.95. The van der Waals surface area contributed by atoms with Crippen molar-refractivity contribution < 1.29 is 0 Å². The van der Waals surface area contributed by atoms with Crippen molar-refractivity contribution in [3.63, 3.8) is 0 Å². The van der Waals surface area contributed by atoms with E-state index >= 15 is 0 Å². The molecule has 0 aromatic heterocycles. The zero-order valence-corrected chi connectivity index (χ0v) is 9.93. The first-order valence-electron chi connectivity index (χ1n) is 5.83. The van der Waals surface area contributed by atoms with Crippen LogP contribution in [0.3, 0.4) is 0 Å². The van der Waals surface area contributed by atoms with Gasteiger partial charge in [-0.3, -0.25) is 0 Å². The Morgan fingerprint density at radius 3 is 2.12 bits per heavy atom.